The van der Waals surface area contributed by atoms with E-state index in [1.807, 2.05) is 30.3 Å². The molecular weight excluding hydrogens is 406 g/mol. The zero-order valence-electron chi connectivity index (χ0n) is 17.4. The van der Waals surface area contributed by atoms with Crippen molar-refractivity contribution in [3.63, 3.8) is 0 Å². The highest BCUT2D eigenvalue weighted by atomic mass is 16.5. The van der Waals surface area contributed by atoms with E-state index in [0.717, 1.165) is 35.2 Å². The summed E-state index contributed by atoms with van der Waals surface area (Å²) in [4.78, 5) is 26.5. The van der Waals surface area contributed by atoms with E-state index in [0.29, 0.717) is 17.1 Å². The Morgan fingerprint density at radius 2 is 2.00 bits per heavy atom. The van der Waals surface area contributed by atoms with Crippen molar-refractivity contribution < 1.29 is 19.4 Å². The van der Waals surface area contributed by atoms with Gasteiger partial charge in [-0.1, -0.05) is 30.4 Å². The Hall–Kier alpha value is -4.13. The van der Waals surface area contributed by atoms with Crippen LogP contribution in [0.15, 0.2) is 66.8 Å². The van der Waals surface area contributed by atoms with E-state index in [1.54, 1.807) is 24.1 Å². The maximum absolute atomic E-state index is 13.5. The summed E-state index contributed by atoms with van der Waals surface area (Å²) in [7, 11) is 1.60. The van der Waals surface area contributed by atoms with Crippen molar-refractivity contribution in [1.29, 1.82) is 0 Å². The first-order chi connectivity index (χ1) is 15.6. The average Bonchev–Trinajstić information content (AvgIpc) is 3.38. The fourth-order valence-electron chi connectivity index (χ4n) is 4.31. The molecule has 2 heterocycles. The summed E-state index contributed by atoms with van der Waals surface area (Å²) >= 11 is 0. The molecule has 1 atom stereocenters. The predicted octanol–water partition coefficient (Wildman–Crippen LogP) is 4.60. The molecule has 0 saturated carbocycles. The summed E-state index contributed by atoms with van der Waals surface area (Å²) in [6.45, 7) is 0. The number of carboxylic acids is 1. The number of carboxylic acid groups (broad SMARTS) is 1. The average molecular weight is 427 g/mol. The molecule has 160 valence electrons. The summed E-state index contributed by atoms with van der Waals surface area (Å²) in [6.07, 6.45) is 8.18. The lowest BCUT2D eigenvalue weighted by Gasteiger charge is -2.27. The molecular formula is C25H21N3O4. The van der Waals surface area contributed by atoms with Gasteiger partial charge in [0.05, 0.1) is 24.4 Å². The fraction of sp³-hybridized carbons (Fsp3) is 0.160. The van der Waals surface area contributed by atoms with Gasteiger partial charge in [-0.05, 0) is 60.4 Å². The monoisotopic (exact) mass is 427 g/mol. The van der Waals surface area contributed by atoms with Crippen LogP contribution in [0.5, 0.6) is 5.75 Å². The van der Waals surface area contributed by atoms with Crippen LogP contribution in [0.2, 0.25) is 0 Å². The minimum absolute atomic E-state index is 0.164. The quantitative estimate of drug-likeness (QED) is 0.620. The third-order valence-electron chi connectivity index (χ3n) is 5.84. The van der Waals surface area contributed by atoms with Gasteiger partial charge in [0.1, 0.15) is 11.4 Å². The third kappa shape index (κ3) is 3.19. The number of rotatable bonds is 5. The van der Waals surface area contributed by atoms with Crippen LogP contribution in [0.4, 0.5) is 5.69 Å². The van der Waals surface area contributed by atoms with Gasteiger partial charge >= 0.3 is 5.97 Å². The van der Waals surface area contributed by atoms with E-state index in [9.17, 15) is 14.7 Å². The number of nitrogens with zero attached hydrogens (tertiary/aromatic N) is 2. The molecule has 2 aromatic carbocycles. The number of amides is 1. The molecule has 5 rings (SSSR count). The summed E-state index contributed by atoms with van der Waals surface area (Å²) < 4.78 is 5.43. The number of aromatic nitrogens is 2. The number of benzene rings is 2. The van der Waals surface area contributed by atoms with E-state index < -0.39 is 12.0 Å². The number of H-pyrrole nitrogens is 1. The van der Waals surface area contributed by atoms with Gasteiger partial charge in [-0.3, -0.25) is 14.8 Å². The van der Waals surface area contributed by atoms with Gasteiger partial charge in [-0.2, -0.15) is 5.10 Å². The second-order valence-corrected chi connectivity index (χ2v) is 7.71. The van der Waals surface area contributed by atoms with Crippen LogP contribution in [0.25, 0.3) is 5.57 Å². The molecule has 3 aromatic rings. The first-order valence-corrected chi connectivity index (χ1v) is 10.3. The van der Waals surface area contributed by atoms with Crippen LogP contribution in [0.1, 0.15) is 56.6 Å². The molecule has 0 bridgehead atoms. The Bertz CT molecular complexity index is 1270. The lowest BCUT2D eigenvalue weighted by atomic mass is 9.93. The number of hydrogen-bond donors (Lipinski definition) is 2. The van der Waals surface area contributed by atoms with Crippen LogP contribution >= 0.6 is 0 Å². The predicted molar refractivity (Wildman–Crippen MR) is 120 cm³/mol. The van der Waals surface area contributed by atoms with Crippen LogP contribution < -0.4 is 9.64 Å². The minimum Gasteiger partial charge on any atom is -0.497 e. The van der Waals surface area contributed by atoms with Gasteiger partial charge in [-0.25, -0.2) is 4.79 Å². The number of nitrogens with one attached hydrogen (secondary N) is 1. The molecule has 0 spiro atoms. The largest absolute Gasteiger partial charge is 0.497 e. The zero-order chi connectivity index (χ0) is 22.2. The first-order valence-electron chi connectivity index (χ1n) is 10.3. The fourth-order valence-corrected chi connectivity index (χ4v) is 4.31. The Labute approximate surface area is 184 Å². The molecule has 2 N–H and O–H groups in total. The van der Waals surface area contributed by atoms with Gasteiger partial charge < -0.3 is 9.84 Å². The summed E-state index contributed by atoms with van der Waals surface area (Å²) in [5.74, 6) is -0.539. The molecule has 1 unspecified atom stereocenters. The molecule has 0 fully saturated rings. The topological polar surface area (TPSA) is 95.5 Å². The van der Waals surface area contributed by atoms with Crippen molar-refractivity contribution >= 4 is 23.1 Å². The molecule has 7 heteroatoms. The SMILES string of the molecule is COc1cccc(C2c3c(C4=CCCC=C4)n[nH]c3C(=O)N2c2ccc(C(=O)O)cc2)c1. The van der Waals surface area contributed by atoms with Crippen LogP contribution in [-0.4, -0.2) is 34.3 Å². The van der Waals surface area contributed by atoms with Crippen molar-refractivity contribution in [2.75, 3.05) is 12.0 Å². The Morgan fingerprint density at radius 3 is 2.69 bits per heavy atom. The maximum atomic E-state index is 13.5. The third-order valence-corrected chi connectivity index (χ3v) is 5.84. The number of carbonyl (C=O) groups is 2. The highest BCUT2D eigenvalue weighted by Gasteiger charge is 2.43. The van der Waals surface area contributed by atoms with Crippen molar-refractivity contribution in [3.05, 3.63) is 94.8 Å². The smallest absolute Gasteiger partial charge is 0.335 e. The van der Waals surface area contributed by atoms with E-state index in [1.165, 1.54) is 12.1 Å². The maximum Gasteiger partial charge on any atom is 0.335 e. The molecule has 1 aromatic heterocycles. The lowest BCUT2D eigenvalue weighted by molar-refractivity contribution is 0.0696. The van der Waals surface area contributed by atoms with Crippen LogP contribution in [0.3, 0.4) is 0 Å². The number of fused-ring (bicyclic) bond motifs is 1. The molecule has 7 nitrogen and oxygen atoms in total. The van der Waals surface area contributed by atoms with E-state index in [4.69, 9.17) is 4.74 Å². The molecule has 0 saturated heterocycles. The second-order valence-electron chi connectivity index (χ2n) is 7.71. The summed E-state index contributed by atoms with van der Waals surface area (Å²) in [5, 5.41) is 16.7. The van der Waals surface area contributed by atoms with E-state index in [-0.39, 0.29) is 11.5 Å². The van der Waals surface area contributed by atoms with Crippen LogP contribution in [0, 0.1) is 0 Å². The van der Waals surface area contributed by atoms with E-state index >= 15 is 0 Å². The zero-order valence-corrected chi connectivity index (χ0v) is 17.4. The number of anilines is 1. The van der Waals surface area contributed by atoms with Gasteiger partial charge in [0.25, 0.3) is 5.91 Å². The van der Waals surface area contributed by atoms with Gasteiger partial charge in [0.15, 0.2) is 0 Å². The Balaban J connectivity index is 1.68. The summed E-state index contributed by atoms with van der Waals surface area (Å²) in [6, 6.07) is 13.5. The van der Waals surface area contributed by atoms with Gasteiger partial charge in [0, 0.05) is 11.3 Å². The minimum atomic E-state index is -1.01. The number of ether oxygens (including phenoxy) is 1. The standard InChI is InChI=1S/C25H21N3O4/c1-32-19-9-5-8-17(14-19)23-20-21(15-6-3-2-4-7-15)26-27-22(20)24(29)28(23)18-12-10-16(11-13-18)25(30)31/h3,5-14,23H,2,4H2,1H3,(H,26,27)(H,30,31). The number of carbonyl (C=O) groups excluding carboxylic acids is 1. The first kappa shape index (κ1) is 19.8. The molecule has 0 radical (unpaired) electrons. The number of aromatic amines is 1. The second kappa shape index (κ2) is 7.85. The van der Waals surface area contributed by atoms with Gasteiger partial charge in [0.2, 0.25) is 0 Å². The molecule has 32 heavy (non-hydrogen) atoms. The van der Waals surface area contributed by atoms with Crippen molar-refractivity contribution in [2.45, 2.75) is 18.9 Å². The lowest BCUT2D eigenvalue weighted by Crippen LogP contribution is -2.29. The molecule has 2 aliphatic rings. The molecule has 1 aliphatic heterocycles. The Kier molecular flexibility index (Phi) is 4.86. The normalized spacial score (nSPS) is 17.3. The van der Waals surface area contributed by atoms with Crippen LogP contribution in [-0.2, 0) is 0 Å². The van der Waals surface area contributed by atoms with Gasteiger partial charge in [-0.15, -0.1) is 0 Å². The van der Waals surface area contributed by atoms with Crippen molar-refractivity contribution in [1.82, 2.24) is 10.2 Å². The highest BCUT2D eigenvalue weighted by molar-refractivity contribution is 6.11. The van der Waals surface area contributed by atoms with Crippen molar-refractivity contribution in [2.24, 2.45) is 0 Å². The Morgan fingerprint density at radius 1 is 1.19 bits per heavy atom. The van der Waals surface area contributed by atoms with E-state index in [2.05, 4.69) is 22.3 Å². The highest BCUT2D eigenvalue weighted by Crippen LogP contribution is 2.45. The number of hydrogen-bond acceptors (Lipinski definition) is 4. The summed E-state index contributed by atoms with van der Waals surface area (Å²) in [5.41, 5.74) is 4.63. The molecule has 1 aliphatic carbocycles. The number of allylic oxidation sites excluding steroid dienone is 4. The number of methoxy groups -OCH3 is 1. The number of aromatic carboxylic acids is 1. The van der Waals surface area contributed by atoms with Crippen molar-refractivity contribution in [3.8, 4) is 5.75 Å². The molecule has 1 amide bonds.